The van der Waals surface area contributed by atoms with Crippen molar-refractivity contribution in [1.29, 1.82) is 0 Å². The normalized spacial score (nSPS) is 14.4. The molecule has 2 N–H and O–H groups in total. The number of aromatic nitrogens is 3. The van der Waals surface area contributed by atoms with Gasteiger partial charge in [0.15, 0.2) is 0 Å². The molecule has 0 saturated heterocycles. The topological polar surface area (TPSA) is 80.0 Å². The highest BCUT2D eigenvalue weighted by Gasteiger charge is 2.30. The Labute approximate surface area is 107 Å². The van der Waals surface area contributed by atoms with Crippen LogP contribution in [0.1, 0.15) is 24.5 Å². The maximum absolute atomic E-state index is 13.1. The van der Waals surface area contributed by atoms with E-state index in [-0.39, 0.29) is 5.92 Å². The van der Waals surface area contributed by atoms with Crippen molar-refractivity contribution in [2.75, 3.05) is 5.32 Å². The molecule has 0 aliphatic heterocycles. The lowest BCUT2D eigenvalue weighted by atomic mass is 10.2. The Kier molecular flexibility index (Phi) is 2.66. The number of carboxylic acid groups (broad SMARTS) is 1. The van der Waals surface area contributed by atoms with Crippen LogP contribution in [-0.2, 0) is 0 Å². The quantitative estimate of drug-likeness (QED) is 0.889. The Morgan fingerprint density at radius 3 is 2.89 bits per heavy atom. The van der Waals surface area contributed by atoms with E-state index in [1.807, 2.05) is 0 Å². The third-order valence-corrected chi connectivity index (χ3v) is 2.90. The second-order valence-electron chi connectivity index (χ2n) is 4.44. The molecule has 0 atom stereocenters. The fraction of sp³-hybridized carbons (Fsp3) is 0.250. The molecule has 3 rings (SSSR count). The first-order chi connectivity index (χ1) is 9.13. The van der Waals surface area contributed by atoms with Gasteiger partial charge in [-0.3, -0.25) is 10.3 Å². The highest BCUT2D eigenvalue weighted by Crippen LogP contribution is 2.42. The van der Waals surface area contributed by atoms with Gasteiger partial charge in [-0.1, -0.05) is 0 Å². The van der Waals surface area contributed by atoms with Crippen LogP contribution in [-0.4, -0.2) is 26.0 Å². The van der Waals surface area contributed by atoms with Crippen molar-refractivity contribution < 1.29 is 14.3 Å². The minimum absolute atomic E-state index is 0.282. The van der Waals surface area contributed by atoms with Crippen molar-refractivity contribution in [3.05, 3.63) is 36.2 Å². The van der Waals surface area contributed by atoms with Crippen LogP contribution in [0, 0.1) is 5.82 Å². The SMILES string of the molecule is O=C(O)Nc1cn(-c2cncc(F)c2)nc1C1CC1. The summed E-state index contributed by atoms with van der Waals surface area (Å²) >= 11 is 0. The number of nitrogens with zero attached hydrogens (tertiary/aromatic N) is 3. The summed E-state index contributed by atoms with van der Waals surface area (Å²) < 4.78 is 14.6. The van der Waals surface area contributed by atoms with E-state index in [9.17, 15) is 9.18 Å². The van der Waals surface area contributed by atoms with Crippen LogP contribution in [0.15, 0.2) is 24.7 Å². The Balaban J connectivity index is 2.00. The van der Waals surface area contributed by atoms with Gasteiger partial charge in [0.2, 0.25) is 0 Å². The summed E-state index contributed by atoms with van der Waals surface area (Å²) in [5.74, 6) is -0.182. The number of carbonyl (C=O) groups is 1. The van der Waals surface area contributed by atoms with E-state index >= 15 is 0 Å². The molecule has 19 heavy (non-hydrogen) atoms. The van der Waals surface area contributed by atoms with Gasteiger partial charge in [-0.25, -0.2) is 13.9 Å². The standard InChI is InChI=1S/C12H11FN4O2/c13-8-3-9(5-14-4-8)17-6-10(15-12(18)19)11(16-17)7-1-2-7/h3-7,15H,1-2H2,(H,18,19). The van der Waals surface area contributed by atoms with E-state index in [2.05, 4.69) is 15.4 Å². The van der Waals surface area contributed by atoms with Gasteiger partial charge >= 0.3 is 6.09 Å². The molecule has 2 heterocycles. The molecule has 0 radical (unpaired) electrons. The molecule has 1 saturated carbocycles. The molecule has 0 unspecified atom stereocenters. The number of anilines is 1. The second kappa shape index (κ2) is 4.34. The number of rotatable bonds is 3. The zero-order valence-corrected chi connectivity index (χ0v) is 9.88. The summed E-state index contributed by atoms with van der Waals surface area (Å²) in [6.07, 6.45) is 4.96. The monoisotopic (exact) mass is 262 g/mol. The van der Waals surface area contributed by atoms with Crippen molar-refractivity contribution in [1.82, 2.24) is 14.8 Å². The molecule has 98 valence electrons. The van der Waals surface area contributed by atoms with Crippen molar-refractivity contribution in [3.8, 4) is 5.69 Å². The summed E-state index contributed by atoms with van der Waals surface area (Å²) in [7, 11) is 0. The third kappa shape index (κ3) is 2.40. The number of halogens is 1. The number of hydrogen-bond acceptors (Lipinski definition) is 3. The van der Waals surface area contributed by atoms with E-state index in [1.165, 1.54) is 23.1 Å². The summed E-state index contributed by atoms with van der Waals surface area (Å²) in [6, 6.07) is 1.29. The van der Waals surface area contributed by atoms with Gasteiger partial charge < -0.3 is 5.11 Å². The third-order valence-electron chi connectivity index (χ3n) is 2.90. The molecular weight excluding hydrogens is 251 g/mol. The Bertz CT molecular complexity index is 636. The van der Waals surface area contributed by atoms with E-state index in [4.69, 9.17) is 5.11 Å². The van der Waals surface area contributed by atoms with E-state index < -0.39 is 11.9 Å². The van der Waals surface area contributed by atoms with Gasteiger partial charge in [0, 0.05) is 12.0 Å². The Morgan fingerprint density at radius 1 is 1.47 bits per heavy atom. The van der Waals surface area contributed by atoms with Gasteiger partial charge in [0.1, 0.15) is 5.82 Å². The van der Waals surface area contributed by atoms with Gasteiger partial charge in [-0.15, -0.1) is 0 Å². The highest BCUT2D eigenvalue weighted by atomic mass is 19.1. The molecule has 0 aromatic carbocycles. The summed E-state index contributed by atoms with van der Waals surface area (Å²) in [5, 5.41) is 15.4. The Morgan fingerprint density at radius 2 is 2.26 bits per heavy atom. The predicted molar refractivity (Wildman–Crippen MR) is 64.9 cm³/mol. The van der Waals surface area contributed by atoms with E-state index in [0.29, 0.717) is 17.1 Å². The largest absolute Gasteiger partial charge is 0.465 e. The van der Waals surface area contributed by atoms with Crippen molar-refractivity contribution in [2.24, 2.45) is 0 Å². The lowest BCUT2D eigenvalue weighted by molar-refractivity contribution is 0.209. The lowest BCUT2D eigenvalue weighted by Gasteiger charge is -1.99. The van der Waals surface area contributed by atoms with Crippen LogP contribution >= 0.6 is 0 Å². The molecule has 2 aromatic rings. The molecule has 1 amide bonds. The first-order valence-electron chi connectivity index (χ1n) is 5.84. The average molecular weight is 262 g/mol. The molecule has 2 aromatic heterocycles. The van der Waals surface area contributed by atoms with Crippen LogP contribution in [0.4, 0.5) is 14.9 Å². The Hall–Kier alpha value is -2.44. The van der Waals surface area contributed by atoms with Crippen molar-refractivity contribution in [2.45, 2.75) is 18.8 Å². The van der Waals surface area contributed by atoms with E-state index in [0.717, 1.165) is 19.0 Å². The van der Waals surface area contributed by atoms with Gasteiger partial charge in [0.05, 0.1) is 35.7 Å². The number of nitrogens with one attached hydrogen (secondary N) is 1. The molecule has 7 heteroatoms. The minimum atomic E-state index is -1.14. The summed E-state index contributed by atoms with van der Waals surface area (Å²) in [6.45, 7) is 0. The molecule has 0 spiro atoms. The van der Waals surface area contributed by atoms with E-state index in [1.54, 1.807) is 0 Å². The van der Waals surface area contributed by atoms with Crippen LogP contribution in [0.3, 0.4) is 0 Å². The maximum atomic E-state index is 13.1. The first kappa shape index (κ1) is 11.6. The van der Waals surface area contributed by atoms with Crippen molar-refractivity contribution in [3.63, 3.8) is 0 Å². The molecule has 6 nitrogen and oxygen atoms in total. The van der Waals surface area contributed by atoms with Crippen LogP contribution in [0.25, 0.3) is 5.69 Å². The predicted octanol–water partition coefficient (Wildman–Crippen LogP) is 2.37. The zero-order valence-electron chi connectivity index (χ0n) is 9.88. The van der Waals surface area contributed by atoms with Gasteiger partial charge in [0.25, 0.3) is 0 Å². The second-order valence-corrected chi connectivity index (χ2v) is 4.44. The highest BCUT2D eigenvalue weighted by molar-refractivity contribution is 5.83. The van der Waals surface area contributed by atoms with Gasteiger partial charge in [-0.05, 0) is 12.8 Å². The lowest BCUT2D eigenvalue weighted by Crippen LogP contribution is -2.07. The van der Waals surface area contributed by atoms with Crippen LogP contribution in [0.2, 0.25) is 0 Å². The number of pyridine rings is 1. The minimum Gasteiger partial charge on any atom is -0.465 e. The van der Waals surface area contributed by atoms with Crippen LogP contribution < -0.4 is 5.32 Å². The zero-order chi connectivity index (χ0) is 13.4. The molecule has 1 aliphatic rings. The molecule has 0 bridgehead atoms. The number of hydrogen-bond donors (Lipinski definition) is 2. The first-order valence-corrected chi connectivity index (χ1v) is 5.84. The van der Waals surface area contributed by atoms with Crippen molar-refractivity contribution >= 4 is 11.8 Å². The fourth-order valence-corrected chi connectivity index (χ4v) is 1.92. The number of amides is 1. The van der Waals surface area contributed by atoms with Gasteiger partial charge in [-0.2, -0.15) is 5.10 Å². The maximum Gasteiger partial charge on any atom is 0.409 e. The molecule has 1 aliphatic carbocycles. The average Bonchev–Trinajstić information content (AvgIpc) is 3.11. The summed E-state index contributed by atoms with van der Waals surface area (Å²) in [5.41, 5.74) is 1.60. The molecule has 1 fully saturated rings. The van der Waals surface area contributed by atoms with Crippen LogP contribution in [0.5, 0.6) is 0 Å². The summed E-state index contributed by atoms with van der Waals surface area (Å²) in [4.78, 5) is 14.5. The fourth-order valence-electron chi connectivity index (χ4n) is 1.92. The molecular formula is C12H11FN4O2. The smallest absolute Gasteiger partial charge is 0.409 e.